The number of piperidine rings is 1. The summed E-state index contributed by atoms with van der Waals surface area (Å²) in [6, 6.07) is 8.61. The summed E-state index contributed by atoms with van der Waals surface area (Å²) >= 11 is 0. The van der Waals surface area contributed by atoms with E-state index in [9.17, 15) is 5.11 Å². The molecule has 2 N–H and O–H groups in total. The molecule has 0 aromatic heterocycles. The van der Waals surface area contributed by atoms with Gasteiger partial charge in [-0.25, -0.2) is 0 Å². The summed E-state index contributed by atoms with van der Waals surface area (Å²) in [4.78, 5) is 9.08. The van der Waals surface area contributed by atoms with Gasteiger partial charge in [-0.2, -0.15) is 0 Å². The lowest BCUT2D eigenvalue weighted by Gasteiger charge is -2.30. The average molecular weight is 302 g/mol. The van der Waals surface area contributed by atoms with E-state index in [-0.39, 0.29) is 6.10 Å². The summed E-state index contributed by atoms with van der Waals surface area (Å²) in [6.07, 6.45) is 1.67. The van der Waals surface area contributed by atoms with Crippen molar-refractivity contribution in [2.24, 2.45) is 4.99 Å². The Morgan fingerprint density at radius 3 is 2.59 bits per heavy atom. The minimum absolute atomic E-state index is 0.107. The molecular weight excluding hydrogens is 276 g/mol. The first-order valence-electron chi connectivity index (χ1n) is 8.19. The number of hydrogen-bond donors (Lipinski definition) is 2. The Labute approximate surface area is 132 Å². The van der Waals surface area contributed by atoms with Crippen molar-refractivity contribution in [1.29, 1.82) is 0 Å². The Kier molecular flexibility index (Phi) is 4.95. The molecule has 120 valence electrons. The van der Waals surface area contributed by atoms with Gasteiger partial charge in [0, 0.05) is 39.8 Å². The topological polar surface area (TPSA) is 51.1 Å². The van der Waals surface area contributed by atoms with Gasteiger partial charge in [-0.1, -0.05) is 24.3 Å². The van der Waals surface area contributed by atoms with Crippen LogP contribution in [0.25, 0.3) is 0 Å². The van der Waals surface area contributed by atoms with E-state index in [1.807, 2.05) is 0 Å². The third-order valence-corrected chi connectivity index (χ3v) is 4.56. The molecule has 0 bridgehead atoms. The summed E-state index contributed by atoms with van der Waals surface area (Å²) in [6.45, 7) is 5.64. The Balaban J connectivity index is 1.60. The zero-order valence-corrected chi connectivity index (χ0v) is 13.3. The molecule has 0 amide bonds. The first kappa shape index (κ1) is 15.3. The number of benzene rings is 1. The van der Waals surface area contributed by atoms with E-state index >= 15 is 0 Å². The lowest BCUT2D eigenvalue weighted by molar-refractivity contribution is 0.0791. The number of likely N-dealkylation sites (N-methyl/N-ethyl adjacent to an activating group) is 1. The van der Waals surface area contributed by atoms with Crippen molar-refractivity contribution in [2.45, 2.75) is 32.0 Å². The fraction of sp³-hybridized carbons (Fsp3) is 0.588. The molecule has 1 aromatic carbocycles. The van der Waals surface area contributed by atoms with Gasteiger partial charge < -0.3 is 15.3 Å². The van der Waals surface area contributed by atoms with Gasteiger partial charge in [0.15, 0.2) is 5.96 Å². The average Bonchev–Trinajstić information content (AvgIpc) is 2.94. The molecule has 1 fully saturated rings. The Morgan fingerprint density at radius 1 is 1.18 bits per heavy atom. The van der Waals surface area contributed by atoms with Gasteiger partial charge in [0.25, 0.3) is 0 Å². The van der Waals surface area contributed by atoms with Gasteiger partial charge >= 0.3 is 0 Å². The fourth-order valence-electron chi connectivity index (χ4n) is 3.10. The quantitative estimate of drug-likeness (QED) is 0.872. The van der Waals surface area contributed by atoms with Gasteiger partial charge in [-0.15, -0.1) is 0 Å². The van der Waals surface area contributed by atoms with Crippen LogP contribution in [0.4, 0.5) is 0 Å². The molecule has 5 nitrogen and oxygen atoms in total. The van der Waals surface area contributed by atoms with Crippen LogP contribution in [0.3, 0.4) is 0 Å². The van der Waals surface area contributed by atoms with E-state index in [2.05, 4.69) is 51.4 Å². The molecule has 22 heavy (non-hydrogen) atoms. The highest BCUT2D eigenvalue weighted by atomic mass is 16.3. The smallest absolute Gasteiger partial charge is 0.194 e. The molecule has 1 aromatic rings. The number of hydrogen-bond acceptors (Lipinski definition) is 5. The van der Waals surface area contributed by atoms with Crippen LogP contribution < -0.4 is 5.32 Å². The van der Waals surface area contributed by atoms with E-state index < -0.39 is 0 Å². The highest BCUT2D eigenvalue weighted by molar-refractivity contribution is 5.81. The second-order valence-electron chi connectivity index (χ2n) is 6.26. The third kappa shape index (κ3) is 3.78. The van der Waals surface area contributed by atoms with E-state index in [4.69, 9.17) is 0 Å². The molecule has 0 radical (unpaired) electrons. The molecule has 3 rings (SSSR count). The molecule has 2 aliphatic heterocycles. The molecule has 0 atom stereocenters. The summed E-state index contributed by atoms with van der Waals surface area (Å²) < 4.78 is 0. The summed E-state index contributed by atoms with van der Waals surface area (Å²) in [5.74, 6) is 0.996. The number of guanidine groups is 1. The lowest BCUT2D eigenvalue weighted by Crippen LogP contribution is -2.36. The van der Waals surface area contributed by atoms with Gasteiger partial charge in [0.05, 0.1) is 12.6 Å². The van der Waals surface area contributed by atoms with E-state index in [1.165, 1.54) is 11.1 Å². The van der Waals surface area contributed by atoms with Crippen LogP contribution >= 0.6 is 0 Å². The lowest BCUT2D eigenvalue weighted by atomic mass is 10.0. The molecule has 5 heteroatoms. The van der Waals surface area contributed by atoms with Crippen molar-refractivity contribution in [3.05, 3.63) is 35.4 Å². The van der Waals surface area contributed by atoms with Crippen molar-refractivity contribution < 1.29 is 5.11 Å². The third-order valence-electron chi connectivity index (χ3n) is 4.56. The normalized spacial score (nSPS) is 20.3. The molecule has 0 spiro atoms. The van der Waals surface area contributed by atoms with Gasteiger partial charge in [0.2, 0.25) is 0 Å². The Morgan fingerprint density at radius 2 is 1.91 bits per heavy atom. The van der Waals surface area contributed by atoms with Crippen molar-refractivity contribution >= 4 is 5.96 Å². The second kappa shape index (κ2) is 7.11. The minimum Gasteiger partial charge on any atom is -0.393 e. The van der Waals surface area contributed by atoms with Crippen LogP contribution in [-0.2, 0) is 13.1 Å². The SMILES string of the molecule is CN1CCN=C1NCc1ccccc1CN1CCC(O)CC1. The van der Waals surface area contributed by atoms with Crippen LogP contribution in [0.15, 0.2) is 29.3 Å². The fourth-order valence-corrected chi connectivity index (χ4v) is 3.10. The maximum atomic E-state index is 9.62. The number of aliphatic imine (C=N–C) groups is 1. The number of aliphatic hydroxyl groups is 1. The van der Waals surface area contributed by atoms with E-state index in [0.717, 1.165) is 58.1 Å². The zero-order chi connectivity index (χ0) is 15.4. The highest BCUT2D eigenvalue weighted by Gasteiger charge is 2.18. The van der Waals surface area contributed by atoms with Gasteiger partial charge in [0.1, 0.15) is 0 Å². The maximum absolute atomic E-state index is 9.62. The number of likely N-dealkylation sites (tertiary alicyclic amines) is 1. The standard InChI is InChI=1S/C17H26N4O/c1-20-11-8-18-17(20)19-12-14-4-2-3-5-15(14)13-21-9-6-16(22)7-10-21/h2-5,16,22H,6-13H2,1H3,(H,18,19). The summed E-state index contributed by atoms with van der Waals surface area (Å²) in [5, 5.41) is 13.1. The summed E-state index contributed by atoms with van der Waals surface area (Å²) in [5.41, 5.74) is 2.70. The van der Waals surface area contributed by atoms with Crippen LogP contribution in [0.2, 0.25) is 0 Å². The molecule has 0 aliphatic carbocycles. The second-order valence-corrected chi connectivity index (χ2v) is 6.26. The van der Waals surface area contributed by atoms with Gasteiger partial charge in [-0.05, 0) is 24.0 Å². The monoisotopic (exact) mass is 302 g/mol. The largest absolute Gasteiger partial charge is 0.393 e. The number of aliphatic hydroxyl groups excluding tert-OH is 1. The predicted molar refractivity (Wildman–Crippen MR) is 88.7 cm³/mol. The molecule has 2 aliphatic rings. The summed E-state index contributed by atoms with van der Waals surface area (Å²) in [7, 11) is 2.07. The Hall–Kier alpha value is -1.59. The molecule has 0 unspecified atom stereocenters. The minimum atomic E-state index is -0.107. The number of nitrogens with one attached hydrogen (secondary N) is 1. The number of rotatable bonds is 4. The van der Waals surface area contributed by atoms with Crippen molar-refractivity contribution in [2.75, 3.05) is 33.2 Å². The first-order chi connectivity index (χ1) is 10.7. The van der Waals surface area contributed by atoms with Crippen LogP contribution in [0, 0.1) is 0 Å². The van der Waals surface area contributed by atoms with Crippen LogP contribution in [-0.4, -0.2) is 60.2 Å². The van der Waals surface area contributed by atoms with Crippen LogP contribution in [0.1, 0.15) is 24.0 Å². The molecule has 0 saturated carbocycles. The molecule has 2 heterocycles. The highest BCUT2D eigenvalue weighted by Crippen LogP contribution is 2.16. The van der Waals surface area contributed by atoms with Gasteiger partial charge in [-0.3, -0.25) is 9.89 Å². The maximum Gasteiger partial charge on any atom is 0.194 e. The van der Waals surface area contributed by atoms with E-state index in [1.54, 1.807) is 0 Å². The van der Waals surface area contributed by atoms with Crippen LogP contribution in [0.5, 0.6) is 0 Å². The van der Waals surface area contributed by atoms with E-state index in [0.29, 0.717) is 0 Å². The Bertz CT molecular complexity index is 523. The molecular formula is C17H26N4O. The van der Waals surface area contributed by atoms with Crippen molar-refractivity contribution in [3.8, 4) is 0 Å². The predicted octanol–water partition coefficient (Wildman–Crippen LogP) is 1.03. The van der Waals surface area contributed by atoms with Crippen molar-refractivity contribution in [1.82, 2.24) is 15.1 Å². The number of nitrogens with zero attached hydrogens (tertiary/aromatic N) is 3. The zero-order valence-electron chi connectivity index (χ0n) is 13.3. The molecule has 1 saturated heterocycles. The first-order valence-corrected chi connectivity index (χ1v) is 8.19. The van der Waals surface area contributed by atoms with Crippen molar-refractivity contribution in [3.63, 3.8) is 0 Å².